The quantitative estimate of drug-likeness (QED) is 0.837. The predicted molar refractivity (Wildman–Crippen MR) is 74.2 cm³/mol. The zero-order valence-electron chi connectivity index (χ0n) is 11.4. The molecule has 0 aliphatic rings. The first-order valence-corrected chi connectivity index (χ1v) is 7.47. The van der Waals surface area contributed by atoms with Crippen LogP contribution in [0.5, 0.6) is 0 Å². The summed E-state index contributed by atoms with van der Waals surface area (Å²) in [6.07, 6.45) is 0. The maximum atomic E-state index is 13.9. The van der Waals surface area contributed by atoms with Gasteiger partial charge in [-0.1, -0.05) is 12.2 Å². The van der Waals surface area contributed by atoms with Crippen LogP contribution in [0.25, 0.3) is 0 Å². The van der Waals surface area contributed by atoms with Gasteiger partial charge in [0.15, 0.2) is 0 Å². The van der Waals surface area contributed by atoms with Crippen molar-refractivity contribution in [1.82, 2.24) is 4.90 Å². The Morgan fingerprint density at radius 2 is 2.05 bits per heavy atom. The highest BCUT2D eigenvalue weighted by Crippen LogP contribution is 2.16. The van der Waals surface area contributed by atoms with Gasteiger partial charge in [0.05, 0.1) is 10.5 Å². The van der Waals surface area contributed by atoms with E-state index in [0.29, 0.717) is 13.1 Å². The molecule has 0 atom stereocenters. The zero-order chi connectivity index (χ0) is 15.5. The van der Waals surface area contributed by atoms with Crippen molar-refractivity contribution in [2.24, 2.45) is 5.14 Å². The van der Waals surface area contributed by atoms with E-state index in [4.69, 9.17) is 5.14 Å². The molecule has 0 unspecified atom stereocenters. The van der Waals surface area contributed by atoms with Crippen molar-refractivity contribution in [3.63, 3.8) is 0 Å². The third-order valence-corrected chi connectivity index (χ3v) is 3.54. The van der Waals surface area contributed by atoms with Crippen LogP contribution >= 0.6 is 0 Å². The Kier molecular flexibility index (Phi) is 5.02. The molecule has 1 amide bonds. The molecule has 0 aliphatic heterocycles. The van der Waals surface area contributed by atoms with Gasteiger partial charge in [-0.05, 0) is 32.0 Å². The minimum absolute atomic E-state index is 0.194. The highest BCUT2D eigenvalue weighted by molar-refractivity contribution is 7.89. The van der Waals surface area contributed by atoms with Crippen molar-refractivity contribution in [3.8, 4) is 0 Å². The molecule has 0 heterocycles. The van der Waals surface area contributed by atoms with Gasteiger partial charge in [-0.3, -0.25) is 4.79 Å². The number of rotatable bonds is 5. The average Bonchev–Trinajstić information content (AvgIpc) is 2.33. The van der Waals surface area contributed by atoms with Gasteiger partial charge in [-0.25, -0.2) is 17.9 Å². The van der Waals surface area contributed by atoms with Crippen LogP contribution < -0.4 is 5.14 Å². The van der Waals surface area contributed by atoms with E-state index in [9.17, 15) is 17.6 Å². The third-order valence-electron chi connectivity index (χ3n) is 2.63. The molecule has 2 N–H and O–H groups in total. The Labute approximate surface area is 117 Å². The number of benzene rings is 1. The second-order valence-corrected chi connectivity index (χ2v) is 6.02. The SMILES string of the molecule is C=C(C)CN(CC)C(=O)c1ccc(S(N)(=O)=O)cc1F. The Balaban J connectivity index is 3.14. The van der Waals surface area contributed by atoms with Crippen LogP contribution in [-0.2, 0) is 10.0 Å². The molecule has 0 saturated carbocycles. The van der Waals surface area contributed by atoms with Gasteiger partial charge in [0.1, 0.15) is 5.82 Å². The van der Waals surface area contributed by atoms with Gasteiger partial charge < -0.3 is 4.90 Å². The van der Waals surface area contributed by atoms with Gasteiger partial charge >= 0.3 is 0 Å². The van der Waals surface area contributed by atoms with Crippen molar-refractivity contribution >= 4 is 15.9 Å². The maximum Gasteiger partial charge on any atom is 0.257 e. The molecule has 1 aromatic carbocycles. The van der Waals surface area contributed by atoms with Crippen LogP contribution in [0.4, 0.5) is 4.39 Å². The molecule has 1 rings (SSSR count). The molecule has 0 radical (unpaired) electrons. The molecule has 7 heteroatoms. The Morgan fingerprint density at radius 3 is 2.45 bits per heavy atom. The molecular weight excluding hydrogens is 283 g/mol. The number of hydrogen-bond donors (Lipinski definition) is 1. The van der Waals surface area contributed by atoms with Gasteiger partial charge in [0.25, 0.3) is 5.91 Å². The standard InChI is InChI=1S/C13H17FN2O3S/c1-4-16(8-9(2)3)13(17)11-6-5-10(7-12(11)14)20(15,18)19/h5-7H,2,4,8H2,1,3H3,(H2,15,18,19). The largest absolute Gasteiger partial charge is 0.335 e. The minimum Gasteiger partial charge on any atom is -0.335 e. The van der Waals surface area contributed by atoms with Crippen LogP contribution in [-0.4, -0.2) is 32.3 Å². The molecule has 0 aromatic heterocycles. The summed E-state index contributed by atoms with van der Waals surface area (Å²) in [5.41, 5.74) is 0.572. The molecule has 0 bridgehead atoms. The number of hydrogen-bond acceptors (Lipinski definition) is 3. The number of amides is 1. The number of nitrogens with two attached hydrogens (primary N) is 1. The van der Waals surface area contributed by atoms with Crippen LogP contribution in [0.15, 0.2) is 35.2 Å². The summed E-state index contributed by atoms with van der Waals surface area (Å²) in [5, 5.41) is 4.90. The van der Waals surface area contributed by atoms with Gasteiger partial charge in [-0.15, -0.1) is 0 Å². The molecule has 0 aliphatic carbocycles. The van der Waals surface area contributed by atoms with Crippen LogP contribution in [0, 0.1) is 5.82 Å². The molecule has 0 fully saturated rings. The fourth-order valence-corrected chi connectivity index (χ4v) is 2.20. The summed E-state index contributed by atoms with van der Waals surface area (Å²) >= 11 is 0. The molecule has 110 valence electrons. The van der Waals surface area contributed by atoms with Crippen molar-refractivity contribution in [2.45, 2.75) is 18.7 Å². The van der Waals surface area contributed by atoms with Crippen molar-refractivity contribution in [2.75, 3.05) is 13.1 Å². The molecular formula is C13H17FN2O3S. The van der Waals surface area contributed by atoms with Crippen LogP contribution in [0.3, 0.4) is 0 Å². The molecule has 0 spiro atoms. The highest BCUT2D eigenvalue weighted by atomic mass is 32.2. The Hall–Kier alpha value is -1.73. The smallest absolute Gasteiger partial charge is 0.257 e. The maximum absolute atomic E-state index is 13.9. The van der Waals surface area contributed by atoms with E-state index in [0.717, 1.165) is 23.8 Å². The number of carbonyl (C=O) groups excluding carboxylic acids is 1. The fraction of sp³-hybridized carbons (Fsp3) is 0.308. The Morgan fingerprint density at radius 1 is 1.45 bits per heavy atom. The molecule has 20 heavy (non-hydrogen) atoms. The lowest BCUT2D eigenvalue weighted by atomic mass is 10.1. The van der Waals surface area contributed by atoms with E-state index >= 15 is 0 Å². The van der Waals surface area contributed by atoms with E-state index in [1.165, 1.54) is 4.90 Å². The normalized spacial score (nSPS) is 11.2. The van der Waals surface area contributed by atoms with E-state index in [1.54, 1.807) is 13.8 Å². The first kappa shape index (κ1) is 16.3. The number of nitrogens with zero attached hydrogens (tertiary/aromatic N) is 1. The molecule has 0 saturated heterocycles. The summed E-state index contributed by atoms with van der Waals surface area (Å²) in [5.74, 6) is -1.43. The molecule has 1 aromatic rings. The second kappa shape index (κ2) is 6.15. The lowest BCUT2D eigenvalue weighted by Crippen LogP contribution is -2.32. The van der Waals surface area contributed by atoms with Crippen LogP contribution in [0.2, 0.25) is 0 Å². The monoisotopic (exact) mass is 300 g/mol. The number of carbonyl (C=O) groups is 1. The van der Waals surface area contributed by atoms with Crippen LogP contribution in [0.1, 0.15) is 24.2 Å². The molecule has 5 nitrogen and oxygen atoms in total. The third kappa shape index (κ3) is 3.88. The summed E-state index contributed by atoms with van der Waals surface area (Å²) in [7, 11) is -3.99. The fourth-order valence-electron chi connectivity index (χ4n) is 1.67. The lowest BCUT2D eigenvalue weighted by Gasteiger charge is -2.21. The van der Waals surface area contributed by atoms with Crippen molar-refractivity contribution < 1.29 is 17.6 Å². The Bertz CT molecular complexity index is 641. The number of sulfonamides is 1. The predicted octanol–water partition coefficient (Wildman–Crippen LogP) is 1.51. The summed E-state index contributed by atoms with van der Waals surface area (Å²) in [6, 6.07) is 2.98. The van der Waals surface area contributed by atoms with E-state index in [-0.39, 0.29) is 10.5 Å². The van der Waals surface area contributed by atoms with Gasteiger partial charge in [0.2, 0.25) is 10.0 Å². The number of likely N-dealkylation sites (N-methyl/N-ethyl adjacent to an activating group) is 1. The summed E-state index contributed by atoms with van der Waals surface area (Å²) in [6.45, 7) is 7.93. The average molecular weight is 300 g/mol. The lowest BCUT2D eigenvalue weighted by molar-refractivity contribution is 0.0773. The second-order valence-electron chi connectivity index (χ2n) is 4.46. The zero-order valence-corrected chi connectivity index (χ0v) is 12.2. The van der Waals surface area contributed by atoms with E-state index in [2.05, 4.69) is 6.58 Å². The van der Waals surface area contributed by atoms with E-state index in [1.807, 2.05) is 0 Å². The first-order valence-electron chi connectivity index (χ1n) is 5.92. The minimum atomic E-state index is -3.99. The van der Waals surface area contributed by atoms with E-state index < -0.39 is 21.7 Å². The first-order chi connectivity index (χ1) is 9.16. The summed E-state index contributed by atoms with van der Waals surface area (Å²) < 4.78 is 36.1. The van der Waals surface area contributed by atoms with Gasteiger partial charge in [0, 0.05) is 13.1 Å². The van der Waals surface area contributed by atoms with Gasteiger partial charge in [-0.2, -0.15) is 0 Å². The summed E-state index contributed by atoms with van der Waals surface area (Å²) in [4.78, 5) is 13.2. The number of halogens is 1. The topological polar surface area (TPSA) is 80.5 Å². The van der Waals surface area contributed by atoms with Crippen molar-refractivity contribution in [1.29, 1.82) is 0 Å². The number of primary sulfonamides is 1. The highest BCUT2D eigenvalue weighted by Gasteiger charge is 2.20. The van der Waals surface area contributed by atoms with Crippen molar-refractivity contribution in [3.05, 3.63) is 41.7 Å².